The second kappa shape index (κ2) is 6.00. The standard InChI is InChI=1S/C10H11F3NO6P/c1-6-4-7(10(11,12)13)9(8(5-6)14(15)16)20-21(17,18-2)19-3/h4-5H,1-3H3. The maximum atomic E-state index is 13.0. The lowest BCUT2D eigenvalue weighted by atomic mass is 10.1. The predicted molar refractivity (Wildman–Crippen MR) is 65.1 cm³/mol. The van der Waals surface area contributed by atoms with E-state index in [1.807, 2.05) is 0 Å². The molecule has 11 heteroatoms. The highest BCUT2D eigenvalue weighted by molar-refractivity contribution is 7.48. The zero-order valence-corrected chi connectivity index (χ0v) is 12.0. The minimum atomic E-state index is -4.95. The second-order valence-corrected chi connectivity index (χ2v) is 5.63. The summed E-state index contributed by atoms with van der Waals surface area (Å²) in [5.74, 6) is -1.22. The van der Waals surface area contributed by atoms with Crippen LogP contribution in [0, 0.1) is 17.0 Å². The Morgan fingerprint density at radius 1 is 1.24 bits per heavy atom. The molecule has 0 heterocycles. The molecule has 0 aliphatic heterocycles. The number of halogens is 3. The van der Waals surface area contributed by atoms with Crippen molar-refractivity contribution in [2.75, 3.05) is 14.2 Å². The molecule has 1 aromatic rings. The van der Waals surface area contributed by atoms with Gasteiger partial charge in [0.15, 0.2) is 0 Å². The summed E-state index contributed by atoms with van der Waals surface area (Å²) in [6.45, 7) is 1.25. The van der Waals surface area contributed by atoms with Gasteiger partial charge in [-0.05, 0) is 18.6 Å². The Labute approximate surface area is 117 Å². The highest BCUT2D eigenvalue weighted by Crippen LogP contribution is 2.53. The van der Waals surface area contributed by atoms with Crippen LogP contribution in [0.2, 0.25) is 0 Å². The molecule has 0 N–H and O–H groups in total. The third kappa shape index (κ3) is 3.93. The summed E-state index contributed by atoms with van der Waals surface area (Å²) in [5.41, 5.74) is -2.44. The van der Waals surface area contributed by atoms with Gasteiger partial charge in [-0.1, -0.05) is 0 Å². The van der Waals surface area contributed by atoms with Crippen molar-refractivity contribution in [1.29, 1.82) is 0 Å². The molecule has 0 atom stereocenters. The number of nitro benzene ring substituents is 1. The maximum Gasteiger partial charge on any atom is 0.529 e. The number of hydrogen-bond acceptors (Lipinski definition) is 6. The lowest BCUT2D eigenvalue weighted by Crippen LogP contribution is -2.11. The van der Waals surface area contributed by atoms with E-state index in [0.29, 0.717) is 6.07 Å². The highest BCUT2D eigenvalue weighted by Gasteiger charge is 2.41. The molecule has 0 bridgehead atoms. The minimum absolute atomic E-state index is 0.00830. The maximum absolute atomic E-state index is 13.0. The van der Waals surface area contributed by atoms with Crippen LogP contribution in [0.25, 0.3) is 0 Å². The number of rotatable bonds is 5. The largest absolute Gasteiger partial charge is 0.529 e. The summed E-state index contributed by atoms with van der Waals surface area (Å²) in [5, 5.41) is 10.9. The minimum Gasteiger partial charge on any atom is -0.396 e. The third-order valence-electron chi connectivity index (χ3n) is 2.37. The zero-order valence-electron chi connectivity index (χ0n) is 11.1. The normalized spacial score (nSPS) is 12.3. The monoisotopic (exact) mass is 329 g/mol. The first-order chi connectivity index (χ1) is 9.54. The Hall–Kier alpha value is -1.64. The molecular formula is C10H11F3NO6P. The van der Waals surface area contributed by atoms with Crippen LogP contribution in [0.1, 0.15) is 11.1 Å². The van der Waals surface area contributed by atoms with E-state index in [4.69, 9.17) is 0 Å². The SMILES string of the molecule is COP(=O)(OC)Oc1c([N+](=O)[O-])cc(C)cc1C(F)(F)F. The molecule has 0 aliphatic rings. The van der Waals surface area contributed by atoms with Gasteiger partial charge in [0.05, 0.1) is 4.92 Å². The Morgan fingerprint density at radius 2 is 1.76 bits per heavy atom. The van der Waals surface area contributed by atoms with Gasteiger partial charge in [0.2, 0.25) is 5.75 Å². The van der Waals surface area contributed by atoms with Crippen LogP contribution in [0.5, 0.6) is 5.75 Å². The van der Waals surface area contributed by atoms with Gasteiger partial charge in [-0.15, -0.1) is 0 Å². The zero-order chi connectivity index (χ0) is 16.4. The molecule has 0 aromatic heterocycles. The van der Waals surface area contributed by atoms with Crippen LogP contribution in [-0.4, -0.2) is 19.1 Å². The Morgan fingerprint density at radius 3 is 2.14 bits per heavy atom. The van der Waals surface area contributed by atoms with Crippen molar-refractivity contribution < 1.29 is 36.2 Å². The molecule has 21 heavy (non-hydrogen) atoms. The fourth-order valence-electron chi connectivity index (χ4n) is 1.46. The van der Waals surface area contributed by atoms with Crippen LogP contribution in [0.3, 0.4) is 0 Å². The van der Waals surface area contributed by atoms with E-state index < -0.39 is 35.9 Å². The van der Waals surface area contributed by atoms with Crippen molar-refractivity contribution in [2.24, 2.45) is 0 Å². The van der Waals surface area contributed by atoms with E-state index >= 15 is 0 Å². The number of nitro groups is 1. The molecular weight excluding hydrogens is 318 g/mol. The molecule has 0 saturated heterocycles. The van der Waals surface area contributed by atoms with E-state index in [0.717, 1.165) is 20.3 Å². The molecule has 118 valence electrons. The highest BCUT2D eigenvalue weighted by atomic mass is 31.2. The van der Waals surface area contributed by atoms with Gasteiger partial charge in [0.1, 0.15) is 5.56 Å². The van der Waals surface area contributed by atoms with Gasteiger partial charge in [-0.25, -0.2) is 4.57 Å². The van der Waals surface area contributed by atoms with Gasteiger partial charge in [-0.3, -0.25) is 19.2 Å². The number of benzene rings is 1. The van der Waals surface area contributed by atoms with Crippen molar-refractivity contribution in [2.45, 2.75) is 13.1 Å². The Bertz CT molecular complexity index is 595. The lowest BCUT2D eigenvalue weighted by Gasteiger charge is -2.18. The van der Waals surface area contributed by atoms with Crippen LogP contribution in [-0.2, 0) is 19.8 Å². The first-order valence-corrected chi connectivity index (χ1v) is 6.77. The van der Waals surface area contributed by atoms with Crippen molar-refractivity contribution >= 4 is 13.5 Å². The van der Waals surface area contributed by atoms with Gasteiger partial charge in [0, 0.05) is 20.3 Å². The summed E-state index contributed by atoms with van der Waals surface area (Å²) in [6, 6.07) is 1.50. The smallest absolute Gasteiger partial charge is 0.396 e. The molecule has 0 amide bonds. The third-order valence-corrected chi connectivity index (χ3v) is 3.67. The molecule has 0 unspecified atom stereocenters. The molecule has 1 rings (SSSR count). The van der Waals surface area contributed by atoms with Crippen molar-refractivity contribution in [3.8, 4) is 5.75 Å². The van der Waals surface area contributed by atoms with Crippen LogP contribution >= 0.6 is 7.82 Å². The summed E-state index contributed by atoms with van der Waals surface area (Å²) >= 11 is 0. The number of hydrogen-bond donors (Lipinski definition) is 0. The van der Waals surface area contributed by atoms with Crippen molar-refractivity contribution in [3.63, 3.8) is 0 Å². The van der Waals surface area contributed by atoms with E-state index in [1.54, 1.807) is 0 Å². The molecule has 0 spiro atoms. The van der Waals surface area contributed by atoms with Crippen LogP contribution < -0.4 is 4.52 Å². The van der Waals surface area contributed by atoms with Gasteiger partial charge >= 0.3 is 19.7 Å². The molecule has 0 radical (unpaired) electrons. The molecule has 1 aromatic carbocycles. The lowest BCUT2D eigenvalue weighted by molar-refractivity contribution is -0.385. The number of aryl methyl sites for hydroxylation is 1. The topological polar surface area (TPSA) is 87.9 Å². The fourth-order valence-corrected chi connectivity index (χ4v) is 2.17. The summed E-state index contributed by atoms with van der Waals surface area (Å²) in [6.07, 6.45) is -4.95. The molecule has 7 nitrogen and oxygen atoms in total. The van der Waals surface area contributed by atoms with Crippen molar-refractivity contribution in [3.05, 3.63) is 33.4 Å². The summed E-state index contributed by atoms with van der Waals surface area (Å²) in [4.78, 5) is 9.83. The van der Waals surface area contributed by atoms with E-state index in [2.05, 4.69) is 13.6 Å². The number of phosphoric ester groups is 1. The van der Waals surface area contributed by atoms with E-state index in [-0.39, 0.29) is 5.56 Å². The average Bonchev–Trinajstić information content (AvgIpc) is 2.38. The quantitative estimate of drug-likeness (QED) is 0.465. The molecule has 0 saturated carbocycles. The number of phosphoric acid groups is 1. The summed E-state index contributed by atoms with van der Waals surface area (Å²) in [7, 11) is -2.64. The second-order valence-electron chi connectivity index (χ2n) is 3.82. The van der Waals surface area contributed by atoms with Gasteiger partial charge < -0.3 is 4.52 Å². The first-order valence-electron chi connectivity index (χ1n) is 5.31. The average molecular weight is 329 g/mol. The van der Waals surface area contributed by atoms with Gasteiger partial charge in [0.25, 0.3) is 0 Å². The Kier molecular flexibility index (Phi) is 4.98. The number of nitrogens with zero attached hydrogens (tertiary/aromatic N) is 1. The van der Waals surface area contributed by atoms with Crippen LogP contribution in [0.4, 0.5) is 18.9 Å². The predicted octanol–water partition coefficient (Wildman–Crippen LogP) is 3.70. The van der Waals surface area contributed by atoms with E-state index in [1.165, 1.54) is 6.92 Å². The first kappa shape index (κ1) is 17.4. The number of alkyl halides is 3. The van der Waals surface area contributed by atoms with Crippen LogP contribution in [0.15, 0.2) is 12.1 Å². The van der Waals surface area contributed by atoms with Gasteiger partial charge in [-0.2, -0.15) is 13.2 Å². The fraction of sp³-hybridized carbons (Fsp3) is 0.400. The molecule has 0 aliphatic carbocycles. The molecule has 0 fully saturated rings. The Balaban J connectivity index is 3.59. The van der Waals surface area contributed by atoms with Crippen molar-refractivity contribution in [1.82, 2.24) is 0 Å². The van der Waals surface area contributed by atoms with E-state index in [9.17, 15) is 27.9 Å². The summed E-state index contributed by atoms with van der Waals surface area (Å²) < 4.78 is 64.0.